The van der Waals surface area contributed by atoms with Crippen LogP contribution in [0.3, 0.4) is 0 Å². The highest BCUT2D eigenvalue weighted by molar-refractivity contribution is 5.37. The number of fused-ring (bicyclic) bond motifs is 1. The van der Waals surface area contributed by atoms with Gasteiger partial charge in [-0.1, -0.05) is 32.1 Å². The zero-order valence-corrected chi connectivity index (χ0v) is 8.46. The maximum atomic E-state index is 4.53. The summed E-state index contributed by atoms with van der Waals surface area (Å²) < 4.78 is 0. The highest BCUT2D eigenvalue weighted by Crippen LogP contribution is 2.13. The van der Waals surface area contributed by atoms with Crippen LogP contribution in [-0.4, -0.2) is 6.54 Å². The average Bonchev–Trinajstić information content (AvgIpc) is 2.50. The molecule has 0 saturated heterocycles. The summed E-state index contributed by atoms with van der Waals surface area (Å²) in [6, 6.07) is 4.37. The van der Waals surface area contributed by atoms with E-state index in [4.69, 9.17) is 0 Å². The fraction of sp³-hybridized carbons (Fsp3) is 0.417. The van der Waals surface area contributed by atoms with Gasteiger partial charge in [-0.15, -0.1) is 0 Å². The van der Waals surface area contributed by atoms with Crippen LogP contribution in [-0.2, 0) is 0 Å². The van der Waals surface area contributed by atoms with Gasteiger partial charge in [-0.3, -0.25) is 4.99 Å². The summed E-state index contributed by atoms with van der Waals surface area (Å²) in [5.41, 5.74) is 2.79. The van der Waals surface area contributed by atoms with Crippen LogP contribution in [0.5, 0.6) is 0 Å². The minimum atomic E-state index is 0.574. The van der Waals surface area contributed by atoms with Gasteiger partial charge in [-0.05, 0) is 29.2 Å². The Hall–Kier alpha value is -1.11. The minimum absolute atomic E-state index is 0.574. The summed E-state index contributed by atoms with van der Waals surface area (Å²) in [5.74, 6) is 0.574. The molecule has 13 heavy (non-hydrogen) atoms. The second-order valence-electron chi connectivity index (χ2n) is 3.93. The number of hydrogen-bond donors (Lipinski definition) is 0. The average molecular weight is 173 g/mol. The van der Waals surface area contributed by atoms with Crippen LogP contribution in [0.1, 0.15) is 30.9 Å². The van der Waals surface area contributed by atoms with E-state index in [2.05, 4.69) is 44.0 Å². The van der Waals surface area contributed by atoms with Crippen LogP contribution in [0.15, 0.2) is 17.1 Å². The Kier molecular flexibility index (Phi) is 1.95. The molecule has 0 unspecified atom stereocenters. The number of rotatable bonds is 1. The van der Waals surface area contributed by atoms with Crippen molar-refractivity contribution in [2.45, 2.75) is 26.7 Å². The summed E-state index contributed by atoms with van der Waals surface area (Å²) in [6.07, 6.45) is 2.20. The third-order valence-corrected chi connectivity index (χ3v) is 2.60. The highest BCUT2D eigenvalue weighted by Gasteiger charge is 2.08. The molecule has 0 saturated carbocycles. The van der Waals surface area contributed by atoms with Gasteiger partial charge < -0.3 is 0 Å². The van der Waals surface area contributed by atoms with E-state index in [0.29, 0.717) is 5.92 Å². The lowest BCUT2D eigenvalue weighted by Crippen LogP contribution is -2.27. The maximum absolute atomic E-state index is 4.53. The summed E-state index contributed by atoms with van der Waals surface area (Å²) in [7, 11) is 0. The molecule has 1 nitrogen and oxygen atoms in total. The van der Waals surface area contributed by atoms with E-state index in [9.17, 15) is 0 Å². The molecule has 1 heterocycles. The van der Waals surface area contributed by atoms with Crippen LogP contribution in [0.4, 0.5) is 0 Å². The van der Waals surface area contributed by atoms with Crippen LogP contribution in [0, 0.1) is 6.92 Å². The van der Waals surface area contributed by atoms with Crippen molar-refractivity contribution in [2.24, 2.45) is 4.99 Å². The highest BCUT2D eigenvalue weighted by atomic mass is 14.7. The zero-order valence-electron chi connectivity index (χ0n) is 8.46. The lowest BCUT2D eigenvalue weighted by Gasteiger charge is -2.08. The molecule has 0 spiro atoms. The predicted molar refractivity (Wildman–Crippen MR) is 55.4 cm³/mol. The molecule has 0 bridgehead atoms. The first-order chi connectivity index (χ1) is 6.20. The number of benzene rings is 1. The Bertz CT molecular complexity index is 441. The Morgan fingerprint density at radius 3 is 2.77 bits per heavy atom. The van der Waals surface area contributed by atoms with Gasteiger partial charge in [-0.25, -0.2) is 0 Å². The van der Waals surface area contributed by atoms with Crippen molar-refractivity contribution in [1.82, 2.24) is 0 Å². The molecule has 1 heteroatoms. The Morgan fingerprint density at radius 1 is 1.31 bits per heavy atom. The van der Waals surface area contributed by atoms with Crippen LogP contribution in [0.25, 0.3) is 6.08 Å². The van der Waals surface area contributed by atoms with Crippen LogP contribution in [0.2, 0.25) is 0 Å². The Morgan fingerprint density at radius 2 is 2.08 bits per heavy atom. The van der Waals surface area contributed by atoms with Gasteiger partial charge in [0.25, 0.3) is 0 Å². The van der Waals surface area contributed by atoms with E-state index < -0.39 is 0 Å². The molecule has 0 aliphatic carbocycles. The first-order valence-electron chi connectivity index (χ1n) is 4.84. The maximum Gasteiger partial charge on any atom is 0.0685 e. The van der Waals surface area contributed by atoms with Gasteiger partial charge in [-0.2, -0.15) is 0 Å². The largest absolute Gasteiger partial charge is 0.280 e. The first-order valence-corrected chi connectivity index (χ1v) is 4.84. The van der Waals surface area contributed by atoms with Crippen LogP contribution < -0.4 is 10.6 Å². The SMILES string of the molecule is Cc1ccc2c(c1C(C)C)=NCC=2. The zero-order chi connectivity index (χ0) is 9.42. The fourth-order valence-corrected chi connectivity index (χ4v) is 2.03. The van der Waals surface area contributed by atoms with E-state index in [0.717, 1.165) is 6.54 Å². The molecule has 0 radical (unpaired) electrons. The van der Waals surface area contributed by atoms with Crippen molar-refractivity contribution < 1.29 is 0 Å². The summed E-state index contributed by atoms with van der Waals surface area (Å²) in [4.78, 5) is 4.53. The Labute approximate surface area is 78.8 Å². The van der Waals surface area contributed by atoms with E-state index >= 15 is 0 Å². The summed E-state index contributed by atoms with van der Waals surface area (Å²) in [5, 5.41) is 2.55. The molecule has 0 aromatic heterocycles. The smallest absolute Gasteiger partial charge is 0.0685 e. The van der Waals surface area contributed by atoms with E-state index in [1.807, 2.05) is 0 Å². The van der Waals surface area contributed by atoms with Crippen molar-refractivity contribution in [3.8, 4) is 0 Å². The third kappa shape index (κ3) is 1.28. The normalized spacial score (nSPS) is 13.8. The molecule has 1 aromatic carbocycles. The van der Waals surface area contributed by atoms with Crippen molar-refractivity contribution >= 4 is 6.08 Å². The molecular weight excluding hydrogens is 158 g/mol. The fourth-order valence-electron chi connectivity index (χ4n) is 2.03. The standard InChI is InChI=1S/C12H15N/c1-8(2)11-9(3)4-5-10-6-7-13-12(10)11/h4-6,8H,7H2,1-3H3. The number of hydrogen-bond acceptors (Lipinski definition) is 1. The van der Waals surface area contributed by atoms with Crippen molar-refractivity contribution in [3.63, 3.8) is 0 Å². The van der Waals surface area contributed by atoms with Crippen molar-refractivity contribution in [3.05, 3.63) is 33.8 Å². The topological polar surface area (TPSA) is 12.4 Å². The van der Waals surface area contributed by atoms with Crippen LogP contribution >= 0.6 is 0 Å². The number of aryl methyl sites for hydroxylation is 1. The minimum Gasteiger partial charge on any atom is -0.280 e. The molecule has 0 fully saturated rings. The van der Waals surface area contributed by atoms with E-state index in [1.54, 1.807) is 0 Å². The summed E-state index contributed by atoms with van der Waals surface area (Å²) in [6.45, 7) is 7.49. The van der Waals surface area contributed by atoms with Gasteiger partial charge in [0.15, 0.2) is 0 Å². The van der Waals surface area contributed by atoms with Gasteiger partial charge in [0.1, 0.15) is 0 Å². The lowest BCUT2D eigenvalue weighted by atomic mass is 9.96. The second-order valence-corrected chi connectivity index (χ2v) is 3.93. The molecule has 68 valence electrons. The quantitative estimate of drug-likeness (QED) is 0.610. The molecule has 2 rings (SSSR count). The molecular formula is C12H15N. The molecule has 0 amide bonds. The lowest BCUT2D eigenvalue weighted by molar-refractivity contribution is 0.837. The first kappa shape index (κ1) is 8.49. The Balaban J connectivity index is 2.82. The molecule has 1 aliphatic heterocycles. The molecule has 1 aromatic rings. The predicted octanol–water partition coefficient (Wildman–Crippen LogP) is 1.53. The van der Waals surface area contributed by atoms with Gasteiger partial charge in [0.2, 0.25) is 0 Å². The second kappa shape index (κ2) is 2.99. The van der Waals surface area contributed by atoms with Gasteiger partial charge in [0, 0.05) is 0 Å². The summed E-state index contributed by atoms with van der Waals surface area (Å²) >= 11 is 0. The van der Waals surface area contributed by atoms with Crippen molar-refractivity contribution in [1.29, 1.82) is 0 Å². The molecule has 0 N–H and O–H groups in total. The monoisotopic (exact) mass is 173 g/mol. The van der Waals surface area contributed by atoms with Gasteiger partial charge in [0.05, 0.1) is 11.9 Å². The molecule has 1 aliphatic rings. The van der Waals surface area contributed by atoms with Crippen molar-refractivity contribution in [2.75, 3.05) is 6.54 Å². The third-order valence-electron chi connectivity index (χ3n) is 2.60. The van der Waals surface area contributed by atoms with E-state index in [1.165, 1.54) is 21.7 Å². The molecule has 0 atom stereocenters. The number of nitrogens with zero attached hydrogens (tertiary/aromatic N) is 1. The van der Waals surface area contributed by atoms with Gasteiger partial charge >= 0.3 is 0 Å². The van der Waals surface area contributed by atoms with E-state index in [-0.39, 0.29) is 0 Å².